The number of hydrogen-bond acceptors (Lipinski definition) is 3. The molecule has 0 unspecified atom stereocenters. The average Bonchev–Trinajstić information content (AvgIpc) is 2.65. The third-order valence-electron chi connectivity index (χ3n) is 3.06. The molecule has 1 heterocycles. The molecule has 0 amide bonds. The predicted molar refractivity (Wildman–Crippen MR) is 64.6 cm³/mol. The van der Waals surface area contributed by atoms with Crippen LogP contribution < -0.4 is 0 Å². The van der Waals surface area contributed by atoms with Crippen LogP contribution in [0.2, 0.25) is 0 Å². The summed E-state index contributed by atoms with van der Waals surface area (Å²) in [5.41, 5.74) is -0.517. The van der Waals surface area contributed by atoms with Crippen molar-refractivity contribution in [2.75, 3.05) is 14.1 Å². The number of aromatic nitrogens is 2. The van der Waals surface area contributed by atoms with Crippen LogP contribution in [0, 0.1) is 0 Å². The second kappa shape index (κ2) is 4.78. The lowest BCUT2D eigenvalue weighted by Crippen LogP contribution is -2.46. The molecular weight excluding hydrogens is 202 g/mol. The second-order valence-corrected chi connectivity index (χ2v) is 4.73. The summed E-state index contributed by atoms with van der Waals surface area (Å²) in [5.74, 6) is 0.622. The fourth-order valence-electron chi connectivity index (χ4n) is 1.42. The van der Waals surface area contributed by atoms with Gasteiger partial charge in [-0.2, -0.15) is 0 Å². The molecule has 0 atom stereocenters. The number of aryl methyl sites for hydroxylation is 1. The van der Waals surface area contributed by atoms with Gasteiger partial charge in [-0.25, -0.2) is 4.98 Å². The SMILES string of the molecule is CCCn1ccnc1C(=O)C(C)(C)N(C)C. The lowest BCUT2D eigenvalue weighted by Gasteiger charge is -2.30. The Morgan fingerprint density at radius 2 is 2.12 bits per heavy atom. The van der Waals surface area contributed by atoms with E-state index in [9.17, 15) is 4.79 Å². The van der Waals surface area contributed by atoms with Crippen LogP contribution >= 0.6 is 0 Å². The number of rotatable bonds is 5. The summed E-state index contributed by atoms with van der Waals surface area (Å²) < 4.78 is 1.92. The maximum atomic E-state index is 12.3. The second-order valence-electron chi connectivity index (χ2n) is 4.73. The van der Waals surface area contributed by atoms with Crippen LogP contribution in [-0.2, 0) is 6.54 Å². The first-order valence-electron chi connectivity index (χ1n) is 5.64. The van der Waals surface area contributed by atoms with Crippen molar-refractivity contribution in [2.45, 2.75) is 39.3 Å². The highest BCUT2D eigenvalue weighted by atomic mass is 16.1. The van der Waals surface area contributed by atoms with Gasteiger partial charge in [-0.1, -0.05) is 6.92 Å². The van der Waals surface area contributed by atoms with E-state index >= 15 is 0 Å². The summed E-state index contributed by atoms with van der Waals surface area (Å²) >= 11 is 0. The summed E-state index contributed by atoms with van der Waals surface area (Å²) in [5, 5.41) is 0. The third-order valence-corrected chi connectivity index (χ3v) is 3.06. The lowest BCUT2D eigenvalue weighted by atomic mass is 9.97. The molecule has 4 nitrogen and oxygen atoms in total. The van der Waals surface area contributed by atoms with E-state index in [4.69, 9.17) is 0 Å². The molecule has 90 valence electrons. The molecule has 0 aliphatic carbocycles. The van der Waals surface area contributed by atoms with E-state index < -0.39 is 5.54 Å². The van der Waals surface area contributed by atoms with E-state index in [1.54, 1.807) is 6.20 Å². The molecule has 1 rings (SSSR count). The molecule has 16 heavy (non-hydrogen) atoms. The fraction of sp³-hybridized carbons (Fsp3) is 0.667. The zero-order chi connectivity index (χ0) is 12.3. The molecule has 0 aliphatic rings. The normalized spacial score (nSPS) is 12.1. The van der Waals surface area contributed by atoms with Crippen LogP contribution in [0.1, 0.15) is 37.8 Å². The molecular formula is C12H21N3O. The molecule has 1 aromatic heterocycles. The van der Waals surface area contributed by atoms with Gasteiger partial charge in [-0.15, -0.1) is 0 Å². The monoisotopic (exact) mass is 223 g/mol. The number of ketones is 1. The molecule has 4 heteroatoms. The maximum Gasteiger partial charge on any atom is 0.217 e. The molecule has 0 aromatic carbocycles. The average molecular weight is 223 g/mol. The number of hydrogen-bond donors (Lipinski definition) is 0. The van der Waals surface area contributed by atoms with Crippen LogP contribution in [0.3, 0.4) is 0 Å². The Balaban J connectivity index is 3.00. The molecule has 0 bridgehead atoms. The summed E-state index contributed by atoms with van der Waals surface area (Å²) in [4.78, 5) is 18.4. The van der Waals surface area contributed by atoms with Crippen LogP contribution in [-0.4, -0.2) is 39.9 Å². The van der Waals surface area contributed by atoms with E-state index in [1.807, 2.05) is 43.6 Å². The lowest BCUT2D eigenvalue weighted by molar-refractivity contribution is 0.0739. The first kappa shape index (κ1) is 12.9. The number of imidazole rings is 1. The quantitative estimate of drug-likeness (QED) is 0.715. The Morgan fingerprint density at radius 1 is 1.50 bits per heavy atom. The summed E-state index contributed by atoms with van der Waals surface area (Å²) in [7, 11) is 3.82. The maximum absolute atomic E-state index is 12.3. The van der Waals surface area contributed by atoms with Crippen molar-refractivity contribution in [1.29, 1.82) is 0 Å². The van der Waals surface area contributed by atoms with Gasteiger partial charge in [0.05, 0.1) is 5.54 Å². The minimum Gasteiger partial charge on any atom is -0.328 e. The Labute approximate surface area is 97.3 Å². The minimum absolute atomic E-state index is 0.0657. The minimum atomic E-state index is -0.517. The van der Waals surface area contributed by atoms with Gasteiger partial charge in [0, 0.05) is 18.9 Å². The Morgan fingerprint density at radius 3 is 2.62 bits per heavy atom. The van der Waals surface area contributed by atoms with Crippen molar-refractivity contribution in [2.24, 2.45) is 0 Å². The van der Waals surface area contributed by atoms with E-state index in [2.05, 4.69) is 11.9 Å². The predicted octanol–water partition coefficient (Wildman–Crippen LogP) is 1.82. The summed E-state index contributed by atoms with van der Waals surface area (Å²) in [6, 6.07) is 0. The van der Waals surface area contributed by atoms with Crippen LogP contribution in [0.15, 0.2) is 12.4 Å². The van der Waals surface area contributed by atoms with Crippen molar-refractivity contribution in [3.05, 3.63) is 18.2 Å². The van der Waals surface area contributed by atoms with Gasteiger partial charge in [0.2, 0.25) is 5.78 Å². The van der Waals surface area contributed by atoms with Crippen molar-refractivity contribution < 1.29 is 4.79 Å². The Hall–Kier alpha value is -1.16. The van der Waals surface area contributed by atoms with Crippen LogP contribution in [0.4, 0.5) is 0 Å². The van der Waals surface area contributed by atoms with Crippen LogP contribution in [0.5, 0.6) is 0 Å². The third kappa shape index (κ3) is 2.32. The highest BCUT2D eigenvalue weighted by Gasteiger charge is 2.33. The topological polar surface area (TPSA) is 38.1 Å². The molecule has 0 saturated carbocycles. The molecule has 1 aromatic rings. The van der Waals surface area contributed by atoms with Gasteiger partial charge in [-0.05, 0) is 34.4 Å². The Bertz CT molecular complexity index is 366. The zero-order valence-electron chi connectivity index (χ0n) is 10.8. The van der Waals surface area contributed by atoms with Gasteiger partial charge in [-0.3, -0.25) is 9.69 Å². The molecule has 0 radical (unpaired) electrons. The van der Waals surface area contributed by atoms with E-state index in [-0.39, 0.29) is 5.78 Å². The largest absolute Gasteiger partial charge is 0.328 e. The molecule has 0 N–H and O–H groups in total. The number of carbonyl (C=O) groups is 1. The van der Waals surface area contributed by atoms with Crippen molar-refractivity contribution in [3.8, 4) is 0 Å². The molecule has 0 aliphatic heterocycles. The Kier molecular flexibility index (Phi) is 3.86. The highest BCUT2D eigenvalue weighted by Crippen LogP contribution is 2.17. The number of nitrogens with zero attached hydrogens (tertiary/aromatic N) is 3. The number of likely N-dealkylation sites (N-methyl/N-ethyl adjacent to an activating group) is 1. The molecule has 0 saturated heterocycles. The van der Waals surface area contributed by atoms with E-state index in [0.29, 0.717) is 5.82 Å². The van der Waals surface area contributed by atoms with Crippen molar-refractivity contribution >= 4 is 5.78 Å². The highest BCUT2D eigenvalue weighted by molar-refractivity contribution is 5.99. The molecule has 0 fully saturated rings. The van der Waals surface area contributed by atoms with Gasteiger partial charge in [0.15, 0.2) is 5.82 Å². The van der Waals surface area contributed by atoms with Gasteiger partial charge >= 0.3 is 0 Å². The number of carbonyl (C=O) groups excluding carboxylic acids is 1. The summed E-state index contributed by atoms with van der Waals surface area (Å²) in [6.07, 6.45) is 4.55. The number of Topliss-reactive ketones (excluding diaryl/α,β-unsaturated/α-hetero) is 1. The first-order chi connectivity index (χ1) is 7.41. The smallest absolute Gasteiger partial charge is 0.217 e. The van der Waals surface area contributed by atoms with E-state index in [0.717, 1.165) is 13.0 Å². The van der Waals surface area contributed by atoms with Gasteiger partial charge in [0.1, 0.15) is 0 Å². The van der Waals surface area contributed by atoms with Gasteiger partial charge in [0.25, 0.3) is 0 Å². The fourth-order valence-corrected chi connectivity index (χ4v) is 1.42. The van der Waals surface area contributed by atoms with Crippen molar-refractivity contribution in [3.63, 3.8) is 0 Å². The first-order valence-corrected chi connectivity index (χ1v) is 5.64. The molecule has 0 spiro atoms. The zero-order valence-corrected chi connectivity index (χ0v) is 10.8. The van der Waals surface area contributed by atoms with E-state index in [1.165, 1.54) is 0 Å². The van der Waals surface area contributed by atoms with Crippen molar-refractivity contribution in [1.82, 2.24) is 14.5 Å². The standard InChI is InChI=1S/C12H21N3O/c1-6-8-15-9-7-13-11(15)10(16)12(2,3)14(4)5/h7,9H,6,8H2,1-5H3. The van der Waals surface area contributed by atoms with Gasteiger partial charge < -0.3 is 4.57 Å². The van der Waals surface area contributed by atoms with Crippen LogP contribution in [0.25, 0.3) is 0 Å². The summed E-state index contributed by atoms with van der Waals surface area (Å²) in [6.45, 7) is 6.76.